The van der Waals surface area contributed by atoms with Crippen molar-refractivity contribution in [3.8, 4) is 0 Å². The maximum Gasteiger partial charge on any atom is 0.134 e. The Hall–Kier alpha value is -0.940. The second-order valence-electron chi connectivity index (χ2n) is 5.82. The Bertz CT molecular complexity index is 409. The summed E-state index contributed by atoms with van der Waals surface area (Å²) >= 11 is 0. The summed E-state index contributed by atoms with van der Waals surface area (Å²) in [5, 5.41) is 10.7. The highest BCUT2D eigenvalue weighted by molar-refractivity contribution is 5.17. The van der Waals surface area contributed by atoms with Crippen LogP contribution in [0, 0.1) is 0 Å². The minimum absolute atomic E-state index is 0.0741. The van der Waals surface area contributed by atoms with Crippen molar-refractivity contribution in [2.24, 2.45) is 0 Å². The maximum atomic E-state index is 10.7. The Kier molecular flexibility index (Phi) is 4.36. The predicted octanol–water partition coefficient (Wildman–Crippen LogP) is 1.43. The highest BCUT2D eigenvalue weighted by atomic mass is 16.6. The van der Waals surface area contributed by atoms with Gasteiger partial charge in [0, 0.05) is 19.5 Å². The van der Waals surface area contributed by atoms with Crippen LogP contribution in [-0.4, -0.2) is 54.7 Å². The van der Waals surface area contributed by atoms with Crippen molar-refractivity contribution in [2.75, 3.05) is 32.9 Å². The monoisotopic (exact) mass is 277 g/mol. The van der Waals surface area contributed by atoms with Crippen molar-refractivity contribution >= 4 is 0 Å². The van der Waals surface area contributed by atoms with Gasteiger partial charge in [0.05, 0.1) is 25.4 Å². The Morgan fingerprint density at radius 1 is 1.15 bits per heavy atom. The Balaban J connectivity index is 1.54. The summed E-state index contributed by atoms with van der Waals surface area (Å²) < 4.78 is 11.2. The first kappa shape index (κ1) is 14.0. The summed E-state index contributed by atoms with van der Waals surface area (Å²) in [6, 6.07) is 10.2. The topological polar surface area (TPSA) is 41.9 Å². The molecule has 4 heteroatoms. The number of nitrogens with zero attached hydrogens (tertiary/aromatic N) is 1. The number of likely N-dealkylation sites (tertiary alicyclic amines) is 1. The third kappa shape index (κ3) is 3.38. The van der Waals surface area contributed by atoms with E-state index in [1.807, 2.05) is 18.2 Å². The predicted molar refractivity (Wildman–Crippen MR) is 76.5 cm³/mol. The lowest BCUT2D eigenvalue weighted by Gasteiger charge is -2.42. The van der Waals surface area contributed by atoms with Gasteiger partial charge in [0.25, 0.3) is 0 Å². The molecule has 1 atom stereocenters. The highest BCUT2D eigenvalue weighted by Crippen LogP contribution is 2.27. The second-order valence-corrected chi connectivity index (χ2v) is 5.82. The van der Waals surface area contributed by atoms with E-state index in [1.165, 1.54) is 5.56 Å². The zero-order valence-electron chi connectivity index (χ0n) is 11.8. The van der Waals surface area contributed by atoms with Gasteiger partial charge in [-0.15, -0.1) is 0 Å². The largest absolute Gasteiger partial charge is 0.389 e. The minimum atomic E-state index is -0.576. The highest BCUT2D eigenvalue weighted by Gasteiger charge is 2.35. The van der Waals surface area contributed by atoms with Gasteiger partial charge in [-0.05, 0) is 18.4 Å². The summed E-state index contributed by atoms with van der Waals surface area (Å²) in [6.45, 7) is 3.77. The number of rotatable bonds is 3. The first-order valence-electron chi connectivity index (χ1n) is 7.45. The average molecular weight is 277 g/mol. The van der Waals surface area contributed by atoms with E-state index in [-0.39, 0.29) is 6.23 Å². The van der Waals surface area contributed by atoms with E-state index in [2.05, 4.69) is 17.0 Å². The molecule has 2 aliphatic heterocycles. The van der Waals surface area contributed by atoms with Crippen LogP contribution in [0.5, 0.6) is 0 Å². The van der Waals surface area contributed by atoms with Crippen LogP contribution in [-0.2, 0) is 15.9 Å². The van der Waals surface area contributed by atoms with Crippen LogP contribution in [0.3, 0.4) is 0 Å². The average Bonchev–Trinajstić information content (AvgIpc) is 2.50. The minimum Gasteiger partial charge on any atom is -0.389 e. The van der Waals surface area contributed by atoms with Crippen LogP contribution in [0.1, 0.15) is 18.4 Å². The molecule has 0 aromatic heterocycles. The van der Waals surface area contributed by atoms with Gasteiger partial charge < -0.3 is 14.6 Å². The fourth-order valence-corrected chi connectivity index (χ4v) is 3.07. The van der Waals surface area contributed by atoms with Crippen LogP contribution in [0.15, 0.2) is 30.3 Å². The van der Waals surface area contributed by atoms with Crippen LogP contribution in [0.25, 0.3) is 0 Å². The molecular formula is C16H23NO3. The molecule has 1 aromatic carbocycles. The number of ether oxygens (including phenoxy) is 2. The lowest BCUT2D eigenvalue weighted by molar-refractivity contribution is -0.169. The van der Waals surface area contributed by atoms with Gasteiger partial charge in [-0.3, -0.25) is 4.90 Å². The molecule has 0 saturated carbocycles. The molecule has 1 unspecified atom stereocenters. The summed E-state index contributed by atoms with van der Waals surface area (Å²) in [4.78, 5) is 2.29. The van der Waals surface area contributed by atoms with E-state index in [1.54, 1.807) is 0 Å². The molecule has 110 valence electrons. The fraction of sp³-hybridized carbons (Fsp3) is 0.625. The van der Waals surface area contributed by atoms with Crippen LogP contribution >= 0.6 is 0 Å². The molecule has 1 aromatic rings. The zero-order chi connectivity index (χ0) is 13.8. The zero-order valence-corrected chi connectivity index (χ0v) is 11.8. The molecule has 0 bridgehead atoms. The number of aliphatic hydroxyl groups is 1. The maximum absolute atomic E-state index is 10.7. The van der Waals surface area contributed by atoms with Crippen molar-refractivity contribution < 1.29 is 14.6 Å². The van der Waals surface area contributed by atoms with Gasteiger partial charge in [-0.2, -0.15) is 0 Å². The first-order chi connectivity index (χ1) is 9.75. The third-order valence-corrected chi connectivity index (χ3v) is 4.31. The Labute approximate surface area is 120 Å². The van der Waals surface area contributed by atoms with E-state index < -0.39 is 5.60 Å². The van der Waals surface area contributed by atoms with E-state index in [9.17, 15) is 5.11 Å². The van der Waals surface area contributed by atoms with Gasteiger partial charge in [0.15, 0.2) is 0 Å². The Morgan fingerprint density at radius 2 is 1.90 bits per heavy atom. The third-order valence-electron chi connectivity index (χ3n) is 4.31. The number of hydrogen-bond acceptors (Lipinski definition) is 4. The van der Waals surface area contributed by atoms with E-state index >= 15 is 0 Å². The molecule has 0 radical (unpaired) electrons. The molecular weight excluding hydrogens is 254 g/mol. The SMILES string of the molecule is OC1(Cc2ccccc2)CCN(C2COCCO2)CC1. The van der Waals surface area contributed by atoms with Crippen molar-refractivity contribution in [3.63, 3.8) is 0 Å². The van der Waals surface area contributed by atoms with Crippen LogP contribution < -0.4 is 0 Å². The number of benzene rings is 1. The van der Waals surface area contributed by atoms with Gasteiger partial charge >= 0.3 is 0 Å². The molecule has 1 N–H and O–H groups in total. The smallest absolute Gasteiger partial charge is 0.134 e. The lowest BCUT2D eigenvalue weighted by atomic mass is 9.85. The molecule has 0 amide bonds. The van der Waals surface area contributed by atoms with Crippen molar-refractivity contribution in [1.29, 1.82) is 0 Å². The summed E-state index contributed by atoms with van der Waals surface area (Å²) in [5.41, 5.74) is 0.633. The lowest BCUT2D eigenvalue weighted by Crippen LogP contribution is -2.52. The first-order valence-corrected chi connectivity index (χ1v) is 7.45. The number of piperidine rings is 1. The van der Waals surface area contributed by atoms with Gasteiger partial charge in [-0.25, -0.2) is 0 Å². The molecule has 0 spiro atoms. The van der Waals surface area contributed by atoms with Crippen LogP contribution in [0.4, 0.5) is 0 Å². The summed E-state index contributed by atoms with van der Waals surface area (Å²) in [7, 11) is 0. The standard InChI is InChI=1S/C16H23NO3/c18-16(12-14-4-2-1-3-5-14)6-8-17(9-7-16)15-13-19-10-11-20-15/h1-5,15,18H,6-13H2. The molecule has 20 heavy (non-hydrogen) atoms. The molecule has 0 aliphatic carbocycles. The normalized spacial score (nSPS) is 27.4. The number of hydrogen-bond donors (Lipinski definition) is 1. The van der Waals surface area contributed by atoms with E-state index in [4.69, 9.17) is 9.47 Å². The summed E-state index contributed by atoms with van der Waals surface area (Å²) in [5.74, 6) is 0. The molecule has 3 rings (SSSR count). The van der Waals surface area contributed by atoms with Gasteiger partial charge in [0.1, 0.15) is 6.23 Å². The second kappa shape index (κ2) is 6.22. The molecule has 2 aliphatic rings. The Morgan fingerprint density at radius 3 is 2.55 bits per heavy atom. The van der Waals surface area contributed by atoms with E-state index in [0.717, 1.165) is 32.4 Å². The molecule has 4 nitrogen and oxygen atoms in total. The van der Waals surface area contributed by atoms with Crippen molar-refractivity contribution in [1.82, 2.24) is 4.90 Å². The van der Waals surface area contributed by atoms with E-state index in [0.29, 0.717) is 19.8 Å². The van der Waals surface area contributed by atoms with Crippen molar-refractivity contribution in [3.05, 3.63) is 35.9 Å². The molecule has 2 saturated heterocycles. The van der Waals surface area contributed by atoms with Gasteiger partial charge in [0.2, 0.25) is 0 Å². The van der Waals surface area contributed by atoms with Gasteiger partial charge in [-0.1, -0.05) is 30.3 Å². The quantitative estimate of drug-likeness (QED) is 0.907. The van der Waals surface area contributed by atoms with Crippen LogP contribution in [0.2, 0.25) is 0 Å². The van der Waals surface area contributed by atoms with Crippen molar-refractivity contribution in [2.45, 2.75) is 31.1 Å². The molecule has 2 heterocycles. The fourth-order valence-electron chi connectivity index (χ4n) is 3.07. The molecule has 2 fully saturated rings. The summed E-state index contributed by atoms with van der Waals surface area (Å²) in [6.07, 6.45) is 2.40.